The Hall–Kier alpha value is -3.06. The van der Waals surface area contributed by atoms with Gasteiger partial charge in [0.25, 0.3) is 5.91 Å². The van der Waals surface area contributed by atoms with E-state index in [0.717, 1.165) is 42.7 Å². The number of halogens is 1. The summed E-state index contributed by atoms with van der Waals surface area (Å²) in [6.45, 7) is 5.69. The standard InChI is InChI=1S/C24H28N4O3.ClH/c1-15-9-11-28(12-10-15)24(29)19-14-25-23-18(7-5-16(2)26-23)22(19)27-17-6-8-20(30-3)21(13-17)31-4;/h5-8,13-15H,9-12H2,1-4H3,(H,25,26,27);1H. The highest BCUT2D eigenvalue weighted by molar-refractivity contribution is 6.07. The number of piperidine rings is 1. The molecule has 0 saturated carbocycles. The van der Waals surface area contributed by atoms with Crippen molar-refractivity contribution in [2.24, 2.45) is 5.92 Å². The van der Waals surface area contributed by atoms with Crippen LogP contribution in [0.3, 0.4) is 0 Å². The molecule has 0 unspecified atom stereocenters. The predicted molar refractivity (Wildman–Crippen MR) is 129 cm³/mol. The van der Waals surface area contributed by atoms with Gasteiger partial charge in [-0.2, -0.15) is 0 Å². The molecule has 170 valence electrons. The number of carbonyl (C=O) groups excluding carboxylic acids is 1. The van der Waals surface area contributed by atoms with E-state index in [1.54, 1.807) is 20.4 Å². The van der Waals surface area contributed by atoms with Crippen molar-refractivity contribution in [1.29, 1.82) is 0 Å². The van der Waals surface area contributed by atoms with Crippen LogP contribution in [-0.4, -0.2) is 48.1 Å². The van der Waals surface area contributed by atoms with E-state index in [0.29, 0.717) is 34.3 Å². The lowest BCUT2D eigenvalue weighted by atomic mass is 9.98. The molecular weight excluding hydrogens is 428 g/mol. The van der Waals surface area contributed by atoms with Crippen LogP contribution in [-0.2, 0) is 0 Å². The molecular formula is C24H29ClN4O3. The summed E-state index contributed by atoms with van der Waals surface area (Å²) in [5.41, 5.74) is 3.51. The van der Waals surface area contributed by atoms with E-state index in [1.807, 2.05) is 42.2 Å². The van der Waals surface area contributed by atoms with Gasteiger partial charge in [0.1, 0.15) is 0 Å². The molecule has 1 aliphatic heterocycles. The lowest BCUT2D eigenvalue weighted by Crippen LogP contribution is -2.38. The average Bonchev–Trinajstić information content (AvgIpc) is 2.79. The Morgan fingerprint density at radius 3 is 2.50 bits per heavy atom. The van der Waals surface area contributed by atoms with Gasteiger partial charge in [-0.15, -0.1) is 12.4 Å². The minimum Gasteiger partial charge on any atom is -0.493 e. The molecule has 7 nitrogen and oxygen atoms in total. The lowest BCUT2D eigenvalue weighted by molar-refractivity contribution is 0.0698. The van der Waals surface area contributed by atoms with E-state index in [1.165, 1.54) is 0 Å². The van der Waals surface area contributed by atoms with Gasteiger partial charge in [-0.1, -0.05) is 6.92 Å². The molecule has 0 aliphatic carbocycles. The largest absolute Gasteiger partial charge is 0.493 e. The highest BCUT2D eigenvalue weighted by atomic mass is 35.5. The molecule has 1 N–H and O–H groups in total. The summed E-state index contributed by atoms with van der Waals surface area (Å²) < 4.78 is 10.8. The third-order valence-electron chi connectivity index (χ3n) is 5.82. The van der Waals surface area contributed by atoms with Crippen LogP contribution in [0.2, 0.25) is 0 Å². The monoisotopic (exact) mass is 456 g/mol. The first-order chi connectivity index (χ1) is 15.0. The lowest BCUT2D eigenvalue weighted by Gasteiger charge is -2.31. The number of hydrogen-bond donors (Lipinski definition) is 1. The first-order valence-electron chi connectivity index (χ1n) is 10.5. The van der Waals surface area contributed by atoms with Crippen molar-refractivity contribution in [3.63, 3.8) is 0 Å². The summed E-state index contributed by atoms with van der Waals surface area (Å²) in [5, 5.41) is 4.23. The second-order valence-corrected chi connectivity index (χ2v) is 8.04. The number of rotatable bonds is 5. The van der Waals surface area contributed by atoms with Crippen molar-refractivity contribution in [2.75, 3.05) is 32.6 Å². The van der Waals surface area contributed by atoms with Crippen LogP contribution in [0.25, 0.3) is 11.0 Å². The molecule has 0 atom stereocenters. The number of methoxy groups -OCH3 is 2. The number of carbonyl (C=O) groups is 1. The van der Waals surface area contributed by atoms with E-state index in [4.69, 9.17) is 9.47 Å². The molecule has 0 bridgehead atoms. The first kappa shape index (κ1) is 23.6. The molecule has 0 spiro atoms. The van der Waals surface area contributed by atoms with Gasteiger partial charge < -0.3 is 19.7 Å². The molecule has 8 heteroatoms. The SMILES string of the molecule is COc1ccc(Nc2c(C(=O)N3CCC(C)CC3)cnc3nc(C)ccc23)cc1OC.Cl. The summed E-state index contributed by atoms with van der Waals surface area (Å²) in [6, 6.07) is 9.47. The van der Waals surface area contributed by atoms with Crippen LogP contribution in [0.1, 0.15) is 35.8 Å². The van der Waals surface area contributed by atoms with Gasteiger partial charge in [0.05, 0.1) is 25.5 Å². The van der Waals surface area contributed by atoms with Crippen LogP contribution >= 0.6 is 12.4 Å². The van der Waals surface area contributed by atoms with E-state index < -0.39 is 0 Å². The Morgan fingerprint density at radius 1 is 1.09 bits per heavy atom. The first-order valence-corrected chi connectivity index (χ1v) is 10.5. The van der Waals surface area contributed by atoms with E-state index in [-0.39, 0.29) is 18.3 Å². The summed E-state index contributed by atoms with van der Waals surface area (Å²) in [6.07, 6.45) is 3.68. The topological polar surface area (TPSA) is 76.6 Å². The maximum Gasteiger partial charge on any atom is 0.257 e. The van der Waals surface area contributed by atoms with Crippen molar-refractivity contribution in [1.82, 2.24) is 14.9 Å². The maximum atomic E-state index is 13.4. The highest BCUT2D eigenvalue weighted by Gasteiger charge is 2.25. The fraction of sp³-hybridized carbons (Fsp3) is 0.375. The quantitative estimate of drug-likeness (QED) is 0.582. The Bertz CT molecular complexity index is 1110. The van der Waals surface area contributed by atoms with Gasteiger partial charge in [0, 0.05) is 42.1 Å². The molecule has 1 aliphatic rings. The third kappa shape index (κ3) is 4.72. The zero-order chi connectivity index (χ0) is 22.0. The number of fused-ring (bicyclic) bond motifs is 1. The van der Waals surface area contributed by atoms with Crippen LogP contribution in [0.5, 0.6) is 11.5 Å². The number of aromatic nitrogens is 2. The third-order valence-corrected chi connectivity index (χ3v) is 5.82. The molecule has 1 amide bonds. The zero-order valence-corrected chi connectivity index (χ0v) is 19.7. The van der Waals surface area contributed by atoms with E-state index in [2.05, 4.69) is 22.2 Å². The Balaban J connectivity index is 0.00000289. The molecule has 1 fully saturated rings. The van der Waals surface area contributed by atoms with Crippen molar-refractivity contribution in [3.05, 3.63) is 47.8 Å². The number of hydrogen-bond acceptors (Lipinski definition) is 6. The minimum atomic E-state index is -0.00940. The molecule has 1 saturated heterocycles. The molecule has 3 aromatic rings. The number of anilines is 2. The van der Waals surface area contributed by atoms with Crippen molar-refractivity contribution in [2.45, 2.75) is 26.7 Å². The second kappa shape index (κ2) is 10.0. The van der Waals surface area contributed by atoms with Crippen LogP contribution in [0.4, 0.5) is 11.4 Å². The van der Waals surface area contributed by atoms with Gasteiger partial charge in [0.15, 0.2) is 17.1 Å². The molecule has 1 aromatic carbocycles. The Kier molecular flexibility index (Phi) is 7.40. The van der Waals surface area contributed by atoms with E-state index >= 15 is 0 Å². The molecule has 32 heavy (non-hydrogen) atoms. The number of pyridine rings is 2. The number of nitrogens with one attached hydrogen (secondary N) is 1. The van der Waals surface area contributed by atoms with Gasteiger partial charge in [0.2, 0.25) is 0 Å². The van der Waals surface area contributed by atoms with Crippen LogP contribution in [0.15, 0.2) is 36.5 Å². The second-order valence-electron chi connectivity index (χ2n) is 8.04. The predicted octanol–water partition coefficient (Wildman–Crippen LogP) is 4.99. The van der Waals surface area contributed by atoms with Crippen LogP contribution < -0.4 is 14.8 Å². The number of benzene rings is 1. The molecule has 3 heterocycles. The minimum absolute atomic E-state index is 0. The average molecular weight is 457 g/mol. The normalized spacial score (nSPS) is 14.1. The molecule has 2 aromatic heterocycles. The van der Waals surface area contributed by atoms with E-state index in [9.17, 15) is 4.79 Å². The summed E-state index contributed by atoms with van der Waals surface area (Å²) >= 11 is 0. The van der Waals surface area contributed by atoms with Crippen LogP contribution in [0, 0.1) is 12.8 Å². The summed E-state index contributed by atoms with van der Waals surface area (Å²) in [7, 11) is 3.20. The summed E-state index contributed by atoms with van der Waals surface area (Å²) in [5.74, 6) is 1.89. The fourth-order valence-corrected chi connectivity index (χ4v) is 3.91. The number of nitrogens with zero attached hydrogens (tertiary/aromatic N) is 3. The number of likely N-dealkylation sites (tertiary alicyclic amines) is 1. The molecule has 4 rings (SSSR count). The zero-order valence-electron chi connectivity index (χ0n) is 18.8. The number of ether oxygens (including phenoxy) is 2. The maximum absolute atomic E-state index is 13.4. The van der Waals surface area contributed by atoms with Gasteiger partial charge in [-0.3, -0.25) is 4.79 Å². The van der Waals surface area contributed by atoms with Crippen molar-refractivity contribution in [3.8, 4) is 11.5 Å². The number of amides is 1. The fourth-order valence-electron chi connectivity index (χ4n) is 3.91. The van der Waals surface area contributed by atoms with Gasteiger partial charge in [-0.05, 0) is 49.9 Å². The smallest absolute Gasteiger partial charge is 0.257 e. The van der Waals surface area contributed by atoms with Gasteiger partial charge >= 0.3 is 0 Å². The van der Waals surface area contributed by atoms with Crippen molar-refractivity contribution < 1.29 is 14.3 Å². The highest BCUT2D eigenvalue weighted by Crippen LogP contribution is 2.34. The Labute approximate surface area is 194 Å². The summed E-state index contributed by atoms with van der Waals surface area (Å²) in [4.78, 5) is 24.4. The number of aryl methyl sites for hydroxylation is 1. The van der Waals surface area contributed by atoms with Gasteiger partial charge in [-0.25, -0.2) is 9.97 Å². The molecule has 0 radical (unpaired) electrons. The Morgan fingerprint density at radius 2 is 1.81 bits per heavy atom. The van der Waals surface area contributed by atoms with Crippen molar-refractivity contribution >= 4 is 40.7 Å².